The summed E-state index contributed by atoms with van der Waals surface area (Å²) in [6.07, 6.45) is 41.8. The SMILES string of the molecule is CCCCCC/C=C/C(C)N(CC(=O)[O-])C(C)/C=C/CCCCCC.CCCCCC/C=C/C(C)N(CC(=O)[O-])C(C)/C=C/CCCCCC.[Ca+2]. The monoisotopic (exact) mass is 741 g/mol. The maximum atomic E-state index is 11.1. The summed E-state index contributed by atoms with van der Waals surface area (Å²) in [7, 11) is 0. The van der Waals surface area contributed by atoms with E-state index < -0.39 is 11.9 Å². The summed E-state index contributed by atoms with van der Waals surface area (Å²) in [5, 5.41) is 22.2. The van der Waals surface area contributed by atoms with Crippen LogP contribution >= 0.6 is 0 Å². The third kappa shape index (κ3) is 35.9. The molecule has 0 saturated heterocycles. The number of carbonyl (C=O) groups is 2. The Balaban J connectivity index is -0.000000886. The third-order valence-electron chi connectivity index (χ3n) is 9.27. The van der Waals surface area contributed by atoms with Crippen LogP contribution in [0.15, 0.2) is 48.6 Å². The van der Waals surface area contributed by atoms with E-state index in [0.717, 1.165) is 25.7 Å². The maximum absolute atomic E-state index is 11.1. The van der Waals surface area contributed by atoms with Crippen LogP contribution in [0.5, 0.6) is 0 Å². The molecule has 0 aromatic heterocycles. The predicted octanol–water partition coefficient (Wildman–Crippen LogP) is 9.36. The van der Waals surface area contributed by atoms with E-state index >= 15 is 0 Å². The Bertz CT molecular complexity index is 776. The first-order valence-electron chi connectivity index (χ1n) is 20.6. The van der Waals surface area contributed by atoms with Gasteiger partial charge in [0, 0.05) is 37.3 Å². The second kappa shape index (κ2) is 40.3. The molecule has 0 aliphatic rings. The molecular formula is C44H80CaN2O4. The first kappa shape index (κ1) is 54.4. The van der Waals surface area contributed by atoms with E-state index in [0.29, 0.717) is 0 Å². The van der Waals surface area contributed by atoms with Crippen LogP contribution in [0.1, 0.15) is 184 Å². The van der Waals surface area contributed by atoms with Crippen LogP contribution < -0.4 is 10.2 Å². The van der Waals surface area contributed by atoms with Gasteiger partial charge in [-0.05, 0) is 79.1 Å². The van der Waals surface area contributed by atoms with Crippen molar-refractivity contribution in [2.45, 2.75) is 208 Å². The molecule has 4 atom stereocenters. The van der Waals surface area contributed by atoms with Crippen molar-refractivity contribution >= 4 is 49.7 Å². The van der Waals surface area contributed by atoms with E-state index in [1.165, 1.54) is 103 Å². The average molecular weight is 741 g/mol. The largest absolute Gasteiger partial charge is 2.00 e. The Morgan fingerprint density at radius 3 is 0.824 bits per heavy atom. The average Bonchev–Trinajstić information content (AvgIpc) is 3.08. The molecule has 7 heteroatoms. The minimum absolute atomic E-state index is 0. The number of carbonyl (C=O) groups excluding carboxylic acids is 2. The number of hydrogen-bond donors (Lipinski definition) is 0. The van der Waals surface area contributed by atoms with Crippen LogP contribution in [0.2, 0.25) is 0 Å². The Morgan fingerprint density at radius 2 is 0.647 bits per heavy atom. The van der Waals surface area contributed by atoms with Gasteiger partial charge in [0.1, 0.15) is 0 Å². The zero-order valence-electron chi connectivity index (χ0n) is 34.7. The zero-order chi connectivity index (χ0) is 37.8. The van der Waals surface area contributed by atoms with E-state index in [-0.39, 0.29) is 75.0 Å². The van der Waals surface area contributed by atoms with E-state index in [1.807, 2.05) is 9.80 Å². The molecule has 0 aliphatic heterocycles. The van der Waals surface area contributed by atoms with Gasteiger partial charge in [-0.2, -0.15) is 0 Å². The Morgan fingerprint density at radius 1 is 0.431 bits per heavy atom. The maximum Gasteiger partial charge on any atom is 2.00 e. The Labute approximate surface area is 346 Å². The number of aliphatic carboxylic acids is 2. The topological polar surface area (TPSA) is 86.7 Å². The molecule has 0 aromatic rings. The second-order valence-corrected chi connectivity index (χ2v) is 14.2. The van der Waals surface area contributed by atoms with E-state index in [1.54, 1.807) is 0 Å². The van der Waals surface area contributed by atoms with Gasteiger partial charge in [0.05, 0.1) is 11.9 Å². The van der Waals surface area contributed by atoms with Crippen molar-refractivity contribution in [3.63, 3.8) is 0 Å². The summed E-state index contributed by atoms with van der Waals surface area (Å²) >= 11 is 0. The minimum Gasteiger partial charge on any atom is -0.549 e. The molecular weight excluding hydrogens is 661 g/mol. The molecule has 4 unspecified atom stereocenters. The molecule has 292 valence electrons. The van der Waals surface area contributed by atoms with Crippen LogP contribution in [-0.4, -0.2) is 96.7 Å². The minimum atomic E-state index is -1.01. The molecule has 0 bridgehead atoms. The Hall–Kier alpha value is -0.920. The molecule has 6 nitrogen and oxygen atoms in total. The quantitative estimate of drug-likeness (QED) is 0.0388. The van der Waals surface area contributed by atoms with Crippen molar-refractivity contribution in [3.05, 3.63) is 48.6 Å². The fourth-order valence-corrected chi connectivity index (χ4v) is 5.99. The normalized spacial score (nSPS) is 14.3. The molecule has 0 N–H and O–H groups in total. The van der Waals surface area contributed by atoms with Crippen molar-refractivity contribution in [1.82, 2.24) is 9.80 Å². The molecule has 0 spiro atoms. The van der Waals surface area contributed by atoms with Crippen molar-refractivity contribution in [2.24, 2.45) is 0 Å². The molecule has 0 amide bonds. The third-order valence-corrected chi connectivity index (χ3v) is 9.27. The summed E-state index contributed by atoms with van der Waals surface area (Å²) in [6, 6.07) is 0.403. The van der Waals surface area contributed by atoms with Gasteiger partial charge in [-0.3, -0.25) is 9.80 Å². The fraction of sp³-hybridized carbons (Fsp3) is 0.773. The molecule has 0 aliphatic carbocycles. The van der Waals surface area contributed by atoms with Crippen molar-refractivity contribution in [3.8, 4) is 0 Å². The van der Waals surface area contributed by atoms with Crippen LogP contribution in [0, 0.1) is 0 Å². The van der Waals surface area contributed by atoms with Gasteiger partial charge in [0.25, 0.3) is 0 Å². The number of rotatable bonds is 32. The molecule has 0 heterocycles. The van der Waals surface area contributed by atoms with Crippen LogP contribution in [0.25, 0.3) is 0 Å². The summed E-state index contributed by atoms with van der Waals surface area (Å²) in [4.78, 5) is 26.2. The number of hydrogen-bond acceptors (Lipinski definition) is 6. The molecule has 0 radical (unpaired) electrons. The summed E-state index contributed by atoms with van der Waals surface area (Å²) in [5.74, 6) is -2.02. The van der Waals surface area contributed by atoms with E-state index in [2.05, 4.69) is 104 Å². The van der Waals surface area contributed by atoms with Gasteiger partial charge >= 0.3 is 37.7 Å². The summed E-state index contributed by atoms with van der Waals surface area (Å²) < 4.78 is 0. The first-order chi connectivity index (χ1) is 24.0. The van der Waals surface area contributed by atoms with Gasteiger partial charge < -0.3 is 19.8 Å². The van der Waals surface area contributed by atoms with E-state index in [9.17, 15) is 19.8 Å². The van der Waals surface area contributed by atoms with Gasteiger partial charge in [0.15, 0.2) is 0 Å². The van der Waals surface area contributed by atoms with E-state index in [4.69, 9.17) is 0 Å². The van der Waals surface area contributed by atoms with Crippen molar-refractivity contribution in [2.75, 3.05) is 13.1 Å². The predicted molar refractivity (Wildman–Crippen MR) is 219 cm³/mol. The summed E-state index contributed by atoms with van der Waals surface area (Å²) in [5.41, 5.74) is 0. The standard InChI is InChI=1S/2C22H41NO2.Ca/c2*1-5-7-9-11-13-15-17-20(3)23(19-22(24)25)21(4)18-16-14-12-10-8-6-2;/h2*15-18,20-21H,5-14,19H2,1-4H3,(H,24,25);/q;;+2/p-2/b2*17-15+,18-16+;. The molecule has 0 fully saturated rings. The van der Waals surface area contributed by atoms with Gasteiger partial charge in [0.2, 0.25) is 0 Å². The second-order valence-electron chi connectivity index (χ2n) is 14.2. The Kier molecular flexibility index (Phi) is 43.0. The smallest absolute Gasteiger partial charge is 0.549 e. The van der Waals surface area contributed by atoms with Gasteiger partial charge in [-0.25, -0.2) is 0 Å². The zero-order valence-corrected chi connectivity index (χ0v) is 36.9. The molecule has 0 rings (SSSR count). The summed E-state index contributed by atoms with van der Waals surface area (Å²) in [6.45, 7) is 17.1. The fourth-order valence-electron chi connectivity index (χ4n) is 5.99. The van der Waals surface area contributed by atoms with Gasteiger partial charge in [-0.1, -0.05) is 153 Å². The van der Waals surface area contributed by atoms with Crippen LogP contribution in [0.3, 0.4) is 0 Å². The molecule has 0 aromatic carbocycles. The number of unbranched alkanes of at least 4 members (excludes halogenated alkanes) is 16. The van der Waals surface area contributed by atoms with Crippen LogP contribution in [0.4, 0.5) is 0 Å². The number of carboxylic acid groups (broad SMARTS) is 2. The number of carboxylic acids is 2. The first-order valence-corrected chi connectivity index (χ1v) is 20.6. The number of allylic oxidation sites excluding steroid dienone is 4. The number of nitrogens with zero attached hydrogens (tertiary/aromatic N) is 2. The molecule has 51 heavy (non-hydrogen) atoms. The van der Waals surface area contributed by atoms with Gasteiger partial charge in [-0.15, -0.1) is 0 Å². The van der Waals surface area contributed by atoms with Crippen molar-refractivity contribution in [1.29, 1.82) is 0 Å². The molecule has 0 saturated carbocycles. The van der Waals surface area contributed by atoms with Crippen molar-refractivity contribution < 1.29 is 19.8 Å². The van der Waals surface area contributed by atoms with Crippen LogP contribution in [-0.2, 0) is 9.59 Å².